The fourth-order valence-electron chi connectivity index (χ4n) is 2.29. The van der Waals surface area contributed by atoms with Gasteiger partial charge < -0.3 is 0 Å². The average molecular weight is 327 g/mol. The number of sulfonamides is 1. The highest BCUT2D eigenvalue weighted by molar-refractivity contribution is 7.89. The van der Waals surface area contributed by atoms with Crippen LogP contribution >= 0.6 is 0 Å². The van der Waals surface area contributed by atoms with Gasteiger partial charge in [0.1, 0.15) is 0 Å². The van der Waals surface area contributed by atoms with E-state index in [9.17, 15) is 21.6 Å². The fraction of sp³-hybridized carbons (Fsp3) is 0.200. The second-order valence-electron chi connectivity index (χ2n) is 5.02. The van der Waals surface area contributed by atoms with Crippen molar-refractivity contribution >= 4 is 10.0 Å². The van der Waals surface area contributed by atoms with E-state index in [0.29, 0.717) is 6.54 Å². The van der Waals surface area contributed by atoms with E-state index in [0.717, 1.165) is 29.8 Å². The molecule has 2 aromatic rings. The third-order valence-corrected chi connectivity index (χ3v) is 5.43. The molecule has 1 heterocycles. The van der Waals surface area contributed by atoms with Crippen molar-refractivity contribution < 1.29 is 21.6 Å². The zero-order valence-corrected chi connectivity index (χ0v) is 12.1. The van der Waals surface area contributed by atoms with Crippen LogP contribution in [-0.2, 0) is 16.2 Å². The van der Waals surface area contributed by atoms with Crippen LogP contribution in [0.4, 0.5) is 13.2 Å². The Morgan fingerprint density at radius 2 is 1.55 bits per heavy atom. The lowest BCUT2D eigenvalue weighted by atomic mass is 10.2. The van der Waals surface area contributed by atoms with Gasteiger partial charge in [-0.25, -0.2) is 8.42 Å². The Hall–Kier alpha value is -1.86. The van der Waals surface area contributed by atoms with Gasteiger partial charge in [-0.2, -0.15) is 17.5 Å². The van der Waals surface area contributed by atoms with Crippen LogP contribution in [0.1, 0.15) is 17.2 Å². The highest BCUT2D eigenvalue weighted by Gasteiger charge is 2.45. The van der Waals surface area contributed by atoms with Gasteiger partial charge in [-0.15, -0.1) is 0 Å². The maximum atomic E-state index is 12.5. The zero-order chi connectivity index (χ0) is 16.0. The summed E-state index contributed by atoms with van der Waals surface area (Å²) in [4.78, 5) is -0.126. The van der Waals surface area contributed by atoms with Crippen LogP contribution in [0.15, 0.2) is 59.5 Å². The molecule has 1 saturated heterocycles. The SMILES string of the molecule is O=S(=O)(c1ccc(C(F)(F)F)cc1)N1C[C@@H]1c1ccccc1. The predicted octanol–water partition coefficient (Wildman–Crippen LogP) is 3.45. The zero-order valence-electron chi connectivity index (χ0n) is 11.3. The molecular weight excluding hydrogens is 315 g/mol. The molecular formula is C15H12F3NO2S. The molecule has 116 valence electrons. The van der Waals surface area contributed by atoms with Gasteiger partial charge in [-0.1, -0.05) is 30.3 Å². The van der Waals surface area contributed by atoms with Crippen molar-refractivity contribution in [1.82, 2.24) is 4.31 Å². The molecule has 0 saturated carbocycles. The summed E-state index contributed by atoms with van der Waals surface area (Å²) in [5, 5.41) is 0. The van der Waals surface area contributed by atoms with Crippen LogP contribution in [-0.4, -0.2) is 19.3 Å². The van der Waals surface area contributed by atoms with Gasteiger partial charge in [0.05, 0.1) is 16.5 Å². The first-order valence-electron chi connectivity index (χ1n) is 6.54. The summed E-state index contributed by atoms with van der Waals surface area (Å²) >= 11 is 0. The molecule has 0 spiro atoms. The molecule has 0 bridgehead atoms. The van der Waals surface area contributed by atoms with Gasteiger partial charge in [0, 0.05) is 6.54 Å². The molecule has 2 aromatic carbocycles. The summed E-state index contributed by atoms with van der Waals surface area (Å²) in [6, 6.07) is 12.4. The smallest absolute Gasteiger partial charge is 0.207 e. The monoisotopic (exact) mass is 327 g/mol. The molecule has 7 heteroatoms. The minimum Gasteiger partial charge on any atom is -0.207 e. The van der Waals surface area contributed by atoms with Gasteiger partial charge in [0.15, 0.2) is 0 Å². The lowest BCUT2D eigenvalue weighted by Gasteiger charge is -2.09. The van der Waals surface area contributed by atoms with E-state index in [4.69, 9.17) is 0 Å². The molecule has 3 rings (SSSR count). The largest absolute Gasteiger partial charge is 0.416 e. The fourth-order valence-corrected chi connectivity index (χ4v) is 3.83. The van der Waals surface area contributed by atoms with Gasteiger partial charge in [0.25, 0.3) is 0 Å². The van der Waals surface area contributed by atoms with E-state index in [1.165, 1.54) is 4.31 Å². The maximum Gasteiger partial charge on any atom is 0.416 e. The lowest BCUT2D eigenvalue weighted by molar-refractivity contribution is -0.137. The van der Waals surface area contributed by atoms with Crippen molar-refractivity contribution in [3.8, 4) is 0 Å². The van der Waals surface area contributed by atoms with E-state index in [1.54, 1.807) is 0 Å². The summed E-state index contributed by atoms with van der Waals surface area (Å²) in [6.07, 6.45) is -4.48. The van der Waals surface area contributed by atoms with Gasteiger partial charge in [-0.05, 0) is 29.8 Å². The summed E-state index contributed by atoms with van der Waals surface area (Å²) < 4.78 is 63.6. The Morgan fingerprint density at radius 3 is 2.09 bits per heavy atom. The Labute approximate surface area is 126 Å². The molecule has 0 aliphatic carbocycles. The number of nitrogens with zero attached hydrogens (tertiary/aromatic N) is 1. The van der Waals surface area contributed by atoms with E-state index in [-0.39, 0.29) is 10.9 Å². The molecule has 1 aliphatic rings. The molecule has 1 unspecified atom stereocenters. The third kappa shape index (κ3) is 2.74. The summed E-state index contributed by atoms with van der Waals surface area (Å²) in [5.41, 5.74) is 0.00911. The highest BCUT2D eigenvalue weighted by atomic mass is 32.2. The Morgan fingerprint density at radius 1 is 0.955 bits per heavy atom. The first kappa shape index (κ1) is 15.1. The third-order valence-electron chi connectivity index (χ3n) is 3.54. The normalized spacial score (nSPS) is 21.6. The van der Waals surface area contributed by atoms with Crippen molar-refractivity contribution in [2.24, 2.45) is 0 Å². The number of rotatable bonds is 3. The Kier molecular flexibility index (Phi) is 3.49. The van der Waals surface area contributed by atoms with Crippen LogP contribution < -0.4 is 0 Å². The molecule has 22 heavy (non-hydrogen) atoms. The van der Waals surface area contributed by atoms with Crippen molar-refractivity contribution in [1.29, 1.82) is 0 Å². The minimum atomic E-state index is -4.48. The van der Waals surface area contributed by atoms with E-state index >= 15 is 0 Å². The Balaban J connectivity index is 1.83. The van der Waals surface area contributed by atoms with Gasteiger partial charge in [-0.3, -0.25) is 0 Å². The molecule has 0 amide bonds. The molecule has 0 radical (unpaired) electrons. The van der Waals surface area contributed by atoms with E-state index in [1.807, 2.05) is 30.3 Å². The molecule has 2 atom stereocenters. The van der Waals surface area contributed by atoms with Crippen LogP contribution in [0.25, 0.3) is 0 Å². The summed E-state index contributed by atoms with van der Waals surface area (Å²) in [6.45, 7) is 0.341. The van der Waals surface area contributed by atoms with Crippen LogP contribution in [0.3, 0.4) is 0 Å². The average Bonchev–Trinajstić information content (AvgIpc) is 3.29. The van der Waals surface area contributed by atoms with E-state index in [2.05, 4.69) is 0 Å². The maximum absolute atomic E-state index is 12.5. The number of hydrogen-bond acceptors (Lipinski definition) is 2. The quantitative estimate of drug-likeness (QED) is 0.810. The van der Waals surface area contributed by atoms with Crippen molar-refractivity contribution in [2.75, 3.05) is 6.54 Å². The lowest BCUT2D eigenvalue weighted by Crippen LogP contribution is -2.13. The minimum absolute atomic E-state index is 0.126. The number of benzene rings is 2. The molecule has 3 nitrogen and oxygen atoms in total. The second-order valence-corrected chi connectivity index (χ2v) is 6.91. The van der Waals surface area contributed by atoms with Crippen LogP contribution in [0, 0.1) is 0 Å². The first-order valence-corrected chi connectivity index (χ1v) is 7.98. The second kappa shape index (κ2) is 5.10. The van der Waals surface area contributed by atoms with E-state index < -0.39 is 21.8 Å². The standard InChI is InChI=1S/C15H12F3NO2S/c16-15(17,18)12-6-8-13(9-7-12)22(20,21)19-10-14(19)11-4-2-1-3-5-11/h1-9,14H,10H2/t14-,19?/m1/s1. The molecule has 1 fully saturated rings. The van der Waals surface area contributed by atoms with Gasteiger partial charge in [0.2, 0.25) is 10.0 Å². The van der Waals surface area contributed by atoms with Crippen molar-refractivity contribution in [2.45, 2.75) is 17.1 Å². The highest BCUT2D eigenvalue weighted by Crippen LogP contribution is 2.40. The summed E-state index contributed by atoms with van der Waals surface area (Å²) in [5.74, 6) is 0. The predicted molar refractivity (Wildman–Crippen MR) is 74.5 cm³/mol. The van der Waals surface area contributed by atoms with Crippen LogP contribution in [0.5, 0.6) is 0 Å². The first-order chi connectivity index (χ1) is 10.3. The topological polar surface area (TPSA) is 37.1 Å². The summed E-state index contributed by atoms with van der Waals surface area (Å²) in [7, 11) is -3.76. The number of alkyl halides is 3. The Bertz CT molecular complexity index is 771. The molecule has 0 aromatic heterocycles. The van der Waals surface area contributed by atoms with Crippen molar-refractivity contribution in [3.63, 3.8) is 0 Å². The van der Waals surface area contributed by atoms with Crippen molar-refractivity contribution in [3.05, 3.63) is 65.7 Å². The van der Waals surface area contributed by atoms with Gasteiger partial charge >= 0.3 is 6.18 Å². The molecule has 0 N–H and O–H groups in total. The number of hydrogen-bond donors (Lipinski definition) is 0. The van der Waals surface area contributed by atoms with Crippen LogP contribution in [0.2, 0.25) is 0 Å². The molecule has 1 aliphatic heterocycles. The number of halogens is 3.